The molecule has 7 heteroatoms. The molecule has 0 aliphatic carbocycles. The zero-order chi connectivity index (χ0) is 16.7. The Bertz CT molecular complexity index is 647. The van der Waals surface area contributed by atoms with Gasteiger partial charge in [-0.15, -0.1) is 24.0 Å². The molecule has 1 unspecified atom stereocenters. The van der Waals surface area contributed by atoms with Crippen LogP contribution in [-0.2, 0) is 6.42 Å². The Labute approximate surface area is 162 Å². The monoisotopic (exact) mass is 465 g/mol. The molecule has 1 aromatic carbocycles. The predicted octanol–water partition coefficient (Wildman–Crippen LogP) is 4.16. The van der Waals surface area contributed by atoms with Gasteiger partial charge in [0.25, 0.3) is 0 Å². The number of nitrogens with zero attached hydrogens (tertiary/aromatic N) is 1. The molecule has 0 amide bonds. The van der Waals surface area contributed by atoms with Gasteiger partial charge in [0.2, 0.25) is 0 Å². The van der Waals surface area contributed by atoms with Crippen LogP contribution in [0.3, 0.4) is 0 Å². The zero-order valence-corrected chi connectivity index (χ0v) is 16.8. The van der Waals surface area contributed by atoms with Crippen molar-refractivity contribution in [3.8, 4) is 0 Å². The highest BCUT2D eigenvalue weighted by Crippen LogP contribution is 2.17. The molecule has 0 bridgehead atoms. The minimum Gasteiger partial charge on any atom is -0.356 e. The van der Waals surface area contributed by atoms with Crippen LogP contribution in [0, 0.1) is 11.6 Å². The molecule has 1 atom stereocenters. The SMILES string of the molecule is CN=C(NCCc1cc(F)ccc1F)NCC(C)c1ccsc1.I. The van der Waals surface area contributed by atoms with E-state index in [1.165, 1.54) is 11.6 Å². The third-order valence-electron chi connectivity index (χ3n) is 3.61. The van der Waals surface area contributed by atoms with E-state index in [9.17, 15) is 8.78 Å². The number of thiophene rings is 1. The lowest BCUT2D eigenvalue weighted by atomic mass is 10.1. The number of hydrogen-bond acceptors (Lipinski definition) is 2. The molecule has 0 saturated carbocycles. The van der Waals surface area contributed by atoms with Crippen LogP contribution in [0.2, 0.25) is 0 Å². The molecular weight excluding hydrogens is 443 g/mol. The maximum atomic E-state index is 13.5. The second kappa shape index (κ2) is 10.6. The minimum absolute atomic E-state index is 0. The van der Waals surface area contributed by atoms with Gasteiger partial charge in [-0.3, -0.25) is 4.99 Å². The third kappa shape index (κ3) is 6.35. The Morgan fingerprint density at radius 2 is 2.04 bits per heavy atom. The van der Waals surface area contributed by atoms with Crippen molar-refractivity contribution in [1.29, 1.82) is 0 Å². The van der Waals surface area contributed by atoms with E-state index in [0.717, 1.165) is 18.7 Å². The van der Waals surface area contributed by atoms with Crippen molar-refractivity contribution in [2.45, 2.75) is 19.3 Å². The number of benzene rings is 1. The van der Waals surface area contributed by atoms with Gasteiger partial charge in [-0.05, 0) is 58.5 Å². The summed E-state index contributed by atoms with van der Waals surface area (Å²) in [5.74, 6) is 0.222. The predicted molar refractivity (Wildman–Crippen MR) is 108 cm³/mol. The number of nitrogens with one attached hydrogen (secondary N) is 2. The van der Waals surface area contributed by atoms with Gasteiger partial charge < -0.3 is 10.6 Å². The summed E-state index contributed by atoms with van der Waals surface area (Å²) in [6.45, 7) is 3.38. The minimum atomic E-state index is -0.423. The second-order valence-electron chi connectivity index (χ2n) is 5.32. The van der Waals surface area contributed by atoms with Crippen LogP contribution in [0.4, 0.5) is 8.78 Å². The molecule has 0 saturated heterocycles. The molecule has 0 aliphatic rings. The summed E-state index contributed by atoms with van der Waals surface area (Å²) in [5, 5.41) is 10.6. The van der Waals surface area contributed by atoms with Gasteiger partial charge in [0.05, 0.1) is 0 Å². The molecule has 0 aliphatic heterocycles. The highest BCUT2D eigenvalue weighted by atomic mass is 127. The number of halogens is 3. The lowest BCUT2D eigenvalue weighted by molar-refractivity contribution is 0.582. The van der Waals surface area contributed by atoms with Crippen molar-refractivity contribution in [2.24, 2.45) is 4.99 Å². The van der Waals surface area contributed by atoms with Crippen LogP contribution in [-0.4, -0.2) is 26.1 Å². The maximum absolute atomic E-state index is 13.5. The van der Waals surface area contributed by atoms with Crippen molar-refractivity contribution in [1.82, 2.24) is 10.6 Å². The first-order chi connectivity index (χ1) is 11.1. The Morgan fingerprint density at radius 1 is 1.25 bits per heavy atom. The van der Waals surface area contributed by atoms with E-state index in [-0.39, 0.29) is 29.8 Å². The average Bonchev–Trinajstić information content (AvgIpc) is 3.08. The lowest BCUT2D eigenvalue weighted by Gasteiger charge is -2.15. The van der Waals surface area contributed by atoms with Gasteiger partial charge in [-0.1, -0.05) is 6.92 Å². The summed E-state index contributed by atoms with van der Waals surface area (Å²) in [6, 6.07) is 5.62. The van der Waals surface area contributed by atoms with E-state index < -0.39 is 5.82 Å². The number of aliphatic imine (C=N–C) groups is 1. The second-order valence-corrected chi connectivity index (χ2v) is 6.10. The van der Waals surface area contributed by atoms with E-state index in [2.05, 4.69) is 39.4 Å². The molecule has 1 aromatic heterocycles. The Hall–Kier alpha value is -1.22. The highest BCUT2D eigenvalue weighted by Gasteiger charge is 2.08. The van der Waals surface area contributed by atoms with Gasteiger partial charge >= 0.3 is 0 Å². The summed E-state index contributed by atoms with van der Waals surface area (Å²) in [7, 11) is 1.69. The number of guanidine groups is 1. The molecule has 24 heavy (non-hydrogen) atoms. The fourth-order valence-electron chi connectivity index (χ4n) is 2.19. The molecule has 2 aromatic rings. The summed E-state index contributed by atoms with van der Waals surface area (Å²) in [6.07, 6.45) is 0.393. The van der Waals surface area contributed by atoms with Crippen LogP contribution in [0.1, 0.15) is 24.0 Å². The van der Waals surface area contributed by atoms with Crippen LogP contribution in [0.5, 0.6) is 0 Å². The third-order valence-corrected chi connectivity index (χ3v) is 4.31. The van der Waals surface area contributed by atoms with Crippen LogP contribution in [0.15, 0.2) is 40.0 Å². The van der Waals surface area contributed by atoms with E-state index in [1.807, 2.05) is 0 Å². The van der Waals surface area contributed by atoms with Gasteiger partial charge in [0.15, 0.2) is 5.96 Å². The van der Waals surface area contributed by atoms with Crippen molar-refractivity contribution in [3.05, 3.63) is 57.8 Å². The van der Waals surface area contributed by atoms with E-state index >= 15 is 0 Å². The Morgan fingerprint density at radius 3 is 2.71 bits per heavy atom. The maximum Gasteiger partial charge on any atom is 0.191 e. The van der Waals surface area contributed by atoms with E-state index in [4.69, 9.17) is 0 Å². The summed E-state index contributed by atoms with van der Waals surface area (Å²) in [4.78, 5) is 4.14. The summed E-state index contributed by atoms with van der Waals surface area (Å²) in [5.41, 5.74) is 1.65. The first-order valence-electron chi connectivity index (χ1n) is 7.50. The fraction of sp³-hybridized carbons (Fsp3) is 0.353. The van der Waals surface area contributed by atoms with Gasteiger partial charge in [0.1, 0.15) is 11.6 Å². The van der Waals surface area contributed by atoms with Gasteiger partial charge in [-0.25, -0.2) is 8.78 Å². The average molecular weight is 465 g/mol. The van der Waals surface area contributed by atoms with Crippen molar-refractivity contribution in [2.75, 3.05) is 20.1 Å². The van der Waals surface area contributed by atoms with Crippen molar-refractivity contribution >= 4 is 41.3 Å². The quantitative estimate of drug-likeness (QED) is 0.382. The Kier molecular flexibility index (Phi) is 9.20. The summed E-state index contributed by atoms with van der Waals surface area (Å²) >= 11 is 1.68. The molecule has 1 heterocycles. The molecular formula is C17H22F2IN3S. The molecule has 132 valence electrons. The van der Waals surface area contributed by atoms with Gasteiger partial charge in [-0.2, -0.15) is 11.3 Å². The Balaban J connectivity index is 0.00000288. The topological polar surface area (TPSA) is 36.4 Å². The lowest BCUT2D eigenvalue weighted by Crippen LogP contribution is -2.39. The van der Waals surface area contributed by atoms with Crippen molar-refractivity contribution < 1.29 is 8.78 Å². The number of hydrogen-bond donors (Lipinski definition) is 2. The molecule has 0 spiro atoms. The smallest absolute Gasteiger partial charge is 0.191 e. The molecule has 3 nitrogen and oxygen atoms in total. The van der Waals surface area contributed by atoms with Crippen molar-refractivity contribution in [3.63, 3.8) is 0 Å². The standard InChI is InChI=1S/C17H21F2N3S.HI/c1-12(14-6-8-23-11-14)10-22-17(20-2)21-7-5-13-9-15(18)3-4-16(13)19;/h3-4,6,8-9,11-12H,5,7,10H2,1-2H3,(H2,20,21,22);1H. The van der Waals surface area contributed by atoms with Crippen LogP contribution < -0.4 is 10.6 Å². The first-order valence-corrected chi connectivity index (χ1v) is 8.45. The highest BCUT2D eigenvalue weighted by molar-refractivity contribution is 14.0. The zero-order valence-electron chi connectivity index (χ0n) is 13.7. The largest absolute Gasteiger partial charge is 0.356 e. The van der Waals surface area contributed by atoms with Crippen LogP contribution in [0.25, 0.3) is 0 Å². The molecule has 0 radical (unpaired) electrons. The van der Waals surface area contributed by atoms with Crippen LogP contribution >= 0.6 is 35.3 Å². The van der Waals surface area contributed by atoms with E-state index in [0.29, 0.717) is 30.4 Å². The fourth-order valence-corrected chi connectivity index (χ4v) is 2.98. The summed E-state index contributed by atoms with van der Waals surface area (Å²) < 4.78 is 26.7. The van der Waals surface area contributed by atoms with Gasteiger partial charge in [0, 0.05) is 20.1 Å². The van der Waals surface area contributed by atoms with E-state index in [1.54, 1.807) is 18.4 Å². The normalized spacial score (nSPS) is 12.4. The molecule has 0 fully saturated rings. The molecule has 2 rings (SSSR count). The first kappa shape index (κ1) is 20.8. The molecule has 2 N–H and O–H groups in total. The number of rotatable bonds is 6.